The zero-order chi connectivity index (χ0) is 17.6. The molecular weight excluding hydrogens is 450 g/mol. The van der Waals surface area contributed by atoms with Crippen molar-refractivity contribution < 1.29 is 18.0 Å². The Kier molecular flexibility index (Phi) is 9.25. The molecule has 6 nitrogen and oxygen atoms in total. The molecule has 2 heterocycles. The van der Waals surface area contributed by atoms with Crippen molar-refractivity contribution in [3.05, 3.63) is 0 Å². The van der Waals surface area contributed by atoms with E-state index in [1.54, 1.807) is 7.05 Å². The fourth-order valence-electron chi connectivity index (χ4n) is 3.02. The van der Waals surface area contributed by atoms with Gasteiger partial charge in [0.2, 0.25) is 5.91 Å². The van der Waals surface area contributed by atoms with Crippen molar-refractivity contribution in [3.8, 4) is 0 Å². The number of carbonyl (C=O) groups is 1. The van der Waals surface area contributed by atoms with Gasteiger partial charge in [0.25, 0.3) is 0 Å². The van der Waals surface area contributed by atoms with Gasteiger partial charge in [-0.2, -0.15) is 13.2 Å². The zero-order valence-electron chi connectivity index (χ0n) is 14.5. The molecule has 0 aromatic rings. The van der Waals surface area contributed by atoms with Crippen LogP contribution in [-0.4, -0.2) is 92.1 Å². The van der Waals surface area contributed by atoms with E-state index in [2.05, 4.69) is 15.2 Å². The summed E-state index contributed by atoms with van der Waals surface area (Å²) in [6, 6.07) is 0. The highest BCUT2D eigenvalue weighted by Gasteiger charge is 2.28. The maximum Gasteiger partial charge on any atom is 0.390 e. The number of piperazine rings is 1. The van der Waals surface area contributed by atoms with Gasteiger partial charge >= 0.3 is 6.18 Å². The van der Waals surface area contributed by atoms with E-state index in [1.165, 1.54) is 0 Å². The zero-order valence-corrected chi connectivity index (χ0v) is 16.8. The summed E-state index contributed by atoms with van der Waals surface area (Å²) in [6.07, 6.45) is -2.88. The van der Waals surface area contributed by atoms with Gasteiger partial charge in [0.05, 0.1) is 13.0 Å². The van der Waals surface area contributed by atoms with Crippen LogP contribution >= 0.6 is 24.0 Å². The van der Waals surface area contributed by atoms with E-state index >= 15 is 0 Å². The van der Waals surface area contributed by atoms with Gasteiger partial charge in [-0.15, -0.1) is 24.0 Å². The maximum absolute atomic E-state index is 12.2. The second kappa shape index (κ2) is 10.4. The van der Waals surface area contributed by atoms with Crippen LogP contribution in [0.15, 0.2) is 4.99 Å². The third-order valence-corrected chi connectivity index (χ3v) is 4.39. The summed E-state index contributed by atoms with van der Waals surface area (Å²) in [5, 5.41) is 2.76. The van der Waals surface area contributed by atoms with Crippen LogP contribution in [0, 0.1) is 0 Å². The third kappa shape index (κ3) is 7.55. The van der Waals surface area contributed by atoms with E-state index in [0.29, 0.717) is 38.7 Å². The Morgan fingerprint density at radius 1 is 1.04 bits per heavy atom. The summed E-state index contributed by atoms with van der Waals surface area (Å²) in [4.78, 5) is 22.1. The van der Waals surface area contributed by atoms with Gasteiger partial charge < -0.3 is 15.1 Å². The SMILES string of the molecule is CN=C(NCCC(F)(F)F)N1CCN(CC(=O)N2CCCC2)CC1.I. The fourth-order valence-corrected chi connectivity index (χ4v) is 3.02. The quantitative estimate of drug-likeness (QED) is 0.378. The van der Waals surface area contributed by atoms with Crippen LogP contribution in [0.1, 0.15) is 19.3 Å². The Labute approximate surface area is 163 Å². The van der Waals surface area contributed by atoms with Crippen LogP contribution < -0.4 is 5.32 Å². The van der Waals surface area contributed by atoms with Gasteiger partial charge in [0.15, 0.2) is 5.96 Å². The number of nitrogens with zero attached hydrogens (tertiary/aromatic N) is 4. The van der Waals surface area contributed by atoms with Crippen LogP contribution in [0.4, 0.5) is 13.2 Å². The number of alkyl halides is 3. The number of aliphatic imine (C=N–C) groups is 1. The molecule has 2 saturated heterocycles. The Bertz CT molecular complexity index is 447. The molecule has 2 aliphatic heterocycles. The van der Waals surface area contributed by atoms with Crippen LogP contribution in [0.25, 0.3) is 0 Å². The minimum absolute atomic E-state index is 0. The molecule has 0 aliphatic carbocycles. The molecule has 0 bridgehead atoms. The van der Waals surface area contributed by atoms with Crippen molar-refractivity contribution >= 4 is 35.8 Å². The molecule has 0 saturated carbocycles. The smallest absolute Gasteiger partial charge is 0.356 e. The lowest BCUT2D eigenvalue weighted by molar-refractivity contribution is -0.133. The maximum atomic E-state index is 12.2. The first-order valence-corrected chi connectivity index (χ1v) is 8.41. The molecule has 1 N–H and O–H groups in total. The second-order valence-electron chi connectivity index (χ2n) is 6.19. The number of halogens is 4. The van der Waals surface area contributed by atoms with Gasteiger partial charge in [-0.3, -0.25) is 14.7 Å². The number of hydrogen-bond donors (Lipinski definition) is 1. The van der Waals surface area contributed by atoms with Crippen LogP contribution in [0.2, 0.25) is 0 Å². The first-order chi connectivity index (χ1) is 11.4. The van der Waals surface area contributed by atoms with Crippen molar-refractivity contribution in [1.82, 2.24) is 20.0 Å². The van der Waals surface area contributed by atoms with E-state index in [1.807, 2.05) is 9.80 Å². The first-order valence-electron chi connectivity index (χ1n) is 8.41. The predicted octanol–water partition coefficient (Wildman–Crippen LogP) is 1.37. The Morgan fingerprint density at radius 2 is 1.64 bits per heavy atom. The molecule has 1 amide bonds. The molecule has 25 heavy (non-hydrogen) atoms. The Balaban J connectivity index is 0.00000312. The van der Waals surface area contributed by atoms with Crippen LogP contribution in [-0.2, 0) is 4.79 Å². The van der Waals surface area contributed by atoms with Crippen molar-refractivity contribution in [2.45, 2.75) is 25.4 Å². The monoisotopic (exact) mass is 477 g/mol. The highest BCUT2D eigenvalue weighted by molar-refractivity contribution is 14.0. The molecule has 0 spiro atoms. The van der Waals surface area contributed by atoms with Crippen LogP contribution in [0.5, 0.6) is 0 Å². The Hall–Kier alpha value is -0.780. The predicted molar refractivity (Wildman–Crippen MR) is 101 cm³/mol. The van der Waals surface area contributed by atoms with Crippen molar-refractivity contribution in [2.75, 3.05) is 59.4 Å². The molecule has 146 valence electrons. The summed E-state index contributed by atoms with van der Waals surface area (Å²) < 4.78 is 36.7. The molecule has 2 aliphatic rings. The normalized spacial score (nSPS) is 19.8. The van der Waals surface area contributed by atoms with E-state index in [0.717, 1.165) is 25.9 Å². The van der Waals surface area contributed by atoms with Crippen molar-refractivity contribution in [3.63, 3.8) is 0 Å². The summed E-state index contributed by atoms with van der Waals surface area (Å²) in [7, 11) is 1.57. The average Bonchev–Trinajstić information content (AvgIpc) is 3.06. The standard InChI is InChI=1S/C15H26F3N5O.HI/c1-19-14(20-5-4-15(16,17)18)23-10-8-21(9-11-23)12-13(24)22-6-2-3-7-22;/h2-12H2,1H3,(H,19,20);1H. The number of amides is 1. The lowest BCUT2D eigenvalue weighted by atomic mass is 10.3. The lowest BCUT2D eigenvalue weighted by Crippen LogP contribution is -2.54. The molecule has 0 radical (unpaired) electrons. The lowest BCUT2D eigenvalue weighted by Gasteiger charge is -2.36. The van der Waals surface area contributed by atoms with Crippen molar-refractivity contribution in [2.24, 2.45) is 4.99 Å². The van der Waals surface area contributed by atoms with Crippen LogP contribution in [0.3, 0.4) is 0 Å². The molecule has 0 unspecified atom stereocenters. The number of hydrogen-bond acceptors (Lipinski definition) is 3. The minimum atomic E-state index is -4.17. The van der Waals surface area contributed by atoms with Gasteiger partial charge in [-0.1, -0.05) is 0 Å². The number of rotatable bonds is 4. The summed E-state index contributed by atoms with van der Waals surface area (Å²) in [5.74, 6) is 0.665. The molecular formula is C15H27F3IN5O. The van der Waals surface area contributed by atoms with Gasteiger partial charge in [-0.05, 0) is 12.8 Å². The molecule has 2 rings (SSSR count). The van der Waals surface area contributed by atoms with E-state index in [-0.39, 0.29) is 36.4 Å². The summed E-state index contributed by atoms with van der Waals surface area (Å²) >= 11 is 0. The Morgan fingerprint density at radius 3 is 2.16 bits per heavy atom. The topological polar surface area (TPSA) is 51.2 Å². The number of likely N-dealkylation sites (tertiary alicyclic amines) is 1. The molecule has 0 atom stereocenters. The molecule has 10 heteroatoms. The van der Waals surface area contributed by atoms with E-state index < -0.39 is 12.6 Å². The van der Waals surface area contributed by atoms with E-state index in [9.17, 15) is 18.0 Å². The second-order valence-corrected chi connectivity index (χ2v) is 6.19. The number of carbonyl (C=O) groups excluding carboxylic acids is 1. The highest BCUT2D eigenvalue weighted by atomic mass is 127. The summed E-state index contributed by atoms with van der Waals surface area (Å²) in [6.45, 7) is 4.68. The molecule has 0 aromatic heterocycles. The van der Waals surface area contributed by atoms with Gasteiger partial charge in [0.1, 0.15) is 0 Å². The average molecular weight is 477 g/mol. The number of guanidine groups is 1. The minimum Gasteiger partial charge on any atom is -0.356 e. The third-order valence-electron chi connectivity index (χ3n) is 4.39. The molecule has 0 aromatic carbocycles. The fraction of sp³-hybridized carbons (Fsp3) is 0.867. The largest absolute Gasteiger partial charge is 0.390 e. The number of nitrogens with one attached hydrogen (secondary N) is 1. The molecule has 2 fully saturated rings. The van der Waals surface area contributed by atoms with Gasteiger partial charge in [0, 0.05) is 52.9 Å². The van der Waals surface area contributed by atoms with Crippen molar-refractivity contribution in [1.29, 1.82) is 0 Å². The van der Waals surface area contributed by atoms with Gasteiger partial charge in [-0.25, -0.2) is 0 Å². The first kappa shape index (κ1) is 22.3. The van der Waals surface area contributed by atoms with E-state index in [4.69, 9.17) is 0 Å². The summed E-state index contributed by atoms with van der Waals surface area (Å²) in [5.41, 5.74) is 0. The highest BCUT2D eigenvalue weighted by Crippen LogP contribution is 2.18.